The second-order valence-corrected chi connectivity index (χ2v) is 3.57. The number of hydrogen-bond acceptors (Lipinski definition) is 4. The van der Waals surface area contributed by atoms with E-state index in [1.54, 1.807) is 38.3 Å². The van der Waals surface area contributed by atoms with Gasteiger partial charge in [0.15, 0.2) is 5.84 Å². The molecule has 0 saturated heterocycles. The van der Waals surface area contributed by atoms with Gasteiger partial charge in [0.2, 0.25) is 0 Å². The van der Waals surface area contributed by atoms with Gasteiger partial charge in [0, 0.05) is 5.69 Å². The minimum Gasteiger partial charge on any atom is -0.497 e. The molecule has 0 fully saturated rings. The molecule has 2 amide bonds. The number of hydrogen-bond donors (Lipinski definition) is 4. The van der Waals surface area contributed by atoms with E-state index in [0.29, 0.717) is 11.4 Å². The summed E-state index contributed by atoms with van der Waals surface area (Å²) in [5.74, 6) is 0.630. The van der Waals surface area contributed by atoms with Gasteiger partial charge in [-0.2, -0.15) is 0 Å². The van der Waals surface area contributed by atoms with Gasteiger partial charge in [-0.15, -0.1) is 0 Å². The average Bonchev–Trinajstić information content (AvgIpc) is 2.38. The summed E-state index contributed by atoms with van der Waals surface area (Å²) < 4.78 is 5.00. The topological polar surface area (TPSA) is 109 Å². The number of ether oxygens (including phenoxy) is 1. The van der Waals surface area contributed by atoms with Crippen molar-refractivity contribution in [3.05, 3.63) is 24.3 Å². The van der Waals surface area contributed by atoms with Crippen molar-refractivity contribution < 1.29 is 14.7 Å². The molecule has 0 radical (unpaired) electrons. The van der Waals surface area contributed by atoms with Crippen LogP contribution in [0.5, 0.6) is 5.75 Å². The molecule has 0 aliphatic carbocycles. The maximum atomic E-state index is 11.6. The molecule has 0 aromatic heterocycles. The Labute approximate surface area is 105 Å². The summed E-state index contributed by atoms with van der Waals surface area (Å²) in [4.78, 5) is 11.6. The lowest BCUT2D eigenvalue weighted by Gasteiger charge is -2.13. The number of carbonyl (C=O) groups excluding carboxylic acids is 1. The lowest BCUT2D eigenvalue weighted by Crippen LogP contribution is -2.44. The molecule has 0 bridgehead atoms. The Morgan fingerprint density at radius 2 is 2.06 bits per heavy atom. The van der Waals surface area contributed by atoms with Crippen LogP contribution < -0.4 is 21.1 Å². The molecule has 18 heavy (non-hydrogen) atoms. The first-order valence-electron chi connectivity index (χ1n) is 5.25. The van der Waals surface area contributed by atoms with Crippen molar-refractivity contribution in [3.63, 3.8) is 0 Å². The van der Waals surface area contributed by atoms with E-state index in [9.17, 15) is 4.79 Å². The number of nitrogens with zero attached hydrogens (tertiary/aromatic N) is 1. The summed E-state index contributed by atoms with van der Waals surface area (Å²) in [5, 5.41) is 16.4. The Morgan fingerprint density at radius 1 is 1.44 bits per heavy atom. The Morgan fingerprint density at radius 3 is 2.56 bits per heavy atom. The standard InChI is InChI=1S/C11H16N4O3/c1-7(10(12)15-17)13-11(16)14-8-3-5-9(18-2)6-4-8/h3-7,17H,1-2H3,(H2,12,15)(H2,13,14,16). The zero-order valence-corrected chi connectivity index (χ0v) is 10.2. The number of urea groups is 1. The van der Waals surface area contributed by atoms with E-state index in [1.165, 1.54) is 0 Å². The van der Waals surface area contributed by atoms with E-state index in [0.717, 1.165) is 0 Å². The van der Waals surface area contributed by atoms with Crippen LogP contribution in [0.2, 0.25) is 0 Å². The number of amidine groups is 1. The van der Waals surface area contributed by atoms with Crippen LogP contribution in [0.3, 0.4) is 0 Å². The highest BCUT2D eigenvalue weighted by Gasteiger charge is 2.11. The number of benzene rings is 1. The van der Waals surface area contributed by atoms with Crippen LogP contribution in [0, 0.1) is 0 Å². The molecular formula is C11H16N4O3. The number of nitrogens with one attached hydrogen (secondary N) is 2. The Hall–Kier alpha value is -2.44. The molecule has 98 valence electrons. The summed E-state index contributed by atoms with van der Waals surface area (Å²) in [5.41, 5.74) is 5.95. The first kappa shape index (κ1) is 13.6. The molecular weight excluding hydrogens is 236 g/mol. The molecule has 1 atom stereocenters. The van der Waals surface area contributed by atoms with Crippen molar-refractivity contribution in [2.24, 2.45) is 10.9 Å². The van der Waals surface area contributed by atoms with Crippen LogP contribution in [0.25, 0.3) is 0 Å². The quantitative estimate of drug-likeness (QED) is 0.277. The number of nitrogens with two attached hydrogens (primary N) is 1. The van der Waals surface area contributed by atoms with Crippen LogP contribution in [0.1, 0.15) is 6.92 Å². The third kappa shape index (κ3) is 3.85. The first-order valence-corrected chi connectivity index (χ1v) is 5.25. The fourth-order valence-corrected chi connectivity index (χ4v) is 1.20. The minimum absolute atomic E-state index is 0.0696. The zero-order valence-electron chi connectivity index (χ0n) is 10.2. The second-order valence-electron chi connectivity index (χ2n) is 3.57. The van der Waals surface area contributed by atoms with E-state index in [1.807, 2.05) is 0 Å². The van der Waals surface area contributed by atoms with E-state index < -0.39 is 12.1 Å². The third-order valence-electron chi connectivity index (χ3n) is 2.25. The number of oxime groups is 1. The highest BCUT2D eigenvalue weighted by atomic mass is 16.5. The molecule has 1 unspecified atom stereocenters. The molecule has 1 rings (SSSR count). The van der Waals surface area contributed by atoms with Gasteiger partial charge < -0.3 is 26.3 Å². The second kappa shape index (κ2) is 6.33. The van der Waals surface area contributed by atoms with Crippen LogP contribution in [0.15, 0.2) is 29.4 Å². The van der Waals surface area contributed by atoms with Gasteiger partial charge in [-0.3, -0.25) is 0 Å². The molecule has 1 aromatic rings. The van der Waals surface area contributed by atoms with Gasteiger partial charge in [-0.25, -0.2) is 4.79 Å². The van der Waals surface area contributed by atoms with Gasteiger partial charge >= 0.3 is 6.03 Å². The van der Waals surface area contributed by atoms with Crippen LogP contribution in [0.4, 0.5) is 10.5 Å². The first-order chi connectivity index (χ1) is 8.56. The predicted octanol–water partition coefficient (Wildman–Crippen LogP) is 0.952. The Balaban J connectivity index is 2.54. The smallest absolute Gasteiger partial charge is 0.319 e. The van der Waals surface area contributed by atoms with Crippen LogP contribution in [-0.4, -0.2) is 30.2 Å². The van der Waals surface area contributed by atoms with Gasteiger partial charge in [0.05, 0.1) is 13.2 Å². The average molecular weight is 252 g/mol. The van der Waals surface area contributed by atoms with Crippen molar-refractivity contribution >= 4 is 17.6 Å². The van der Waals surface area contributed by atoms with Crippen molar-refractivity contribution in [1.82, 2.24) is 5.32 Å². The zero-order chi connectivity index (χ0) is 13.5. The lowest BCUT2D eigenvalue weighted by atomic mass is 10.3. The molecule has 1 aromatic carbocycles. The molecule has 5 N–H and O–H groups in total. The fourth-order valence-electron chi connectivity index (χ4n) is 1.20. The highest BCUT2D eigenvalue weighted by molar-refractivity contribution is 5.94. The van der Waals surface area contributed by atoms with Crippen molar-refractivity contribution in [1.29, 1.82) is 0 Å². The maximum Gasteiger partial charge on any atom is 0.319 e. The van der Waals surface area contributed by atoms with Gasteiger partial charge in [-0.1, -0.05) is 5.16 Å². The highest BCUT2D eigenvalue weighted by Crippen LogP contribution is 2.14. The van der Waals surface area contributed by atoms with E-state index in [2.05, 4.69) is 15.8 Å². The van der Waals surface area contributed by atoms with Crippen molar-refractivity contribution in [3.8, 4) is 5.75 Å². The van der Waals surface area contributed by atoms with Gasteiger partial charge in [-0.05, 0) is 31.2 Å². The molecule has 7 heteroatoms. The molecule has 0 aliphatic rings. The number of methoxy groups -OCH3 is 1. The van der Waals surface area contributed by atoms with Crippen LogP contribution >= 0.6 is 0 Å². The van der Waals surface area contributed by atoms with E-state index >= 15 is 0 Å². The summed E-state index contributed by atoms with van der Waals surface area (Å²) in [6, 6.07) is 5.84. The number of anilines is 1. The van der Waals surface area contributed by atoms with Crippen molar-refractivity contribution in [2.45, 2.75) is 13.0 Å². The largest absolute Gasteiger partial charge is 0.497 e. The summed E-state index contributed by atoms with van der Waals surface area (Å²) in [6.45, 7) is 1.60. The number of amides is 2. The minimum atomic E-state index is -0.562. The Bertz CT molecular complexity index is 430. The SMILES string of the molecule is COc1ccc(NC(=O)NC(C)/C(N)=N/O)cc1. The predicted molar refractivity (Wildman–Crippen MR) is 68.0 cm³/mol. The number of rotatable bonds is 4. The van der Waals surface area contributed by atoms with Crippen molar-refractivity contribution in [2.75, 3.05) is 12.4 Å². The third-order valence-corrected chi connectivity index (χ3v) is 2.25. The Kier molecular flexibility index (Phi) is 4.79. The molecule has 0 aliphatic heterocycles. The molecule has 7 nitrogen and oxygen atoms in total. The normalized spacial score (nSPS) is 12.7. The summed E-state index contributed by atoms with van der Waals surface area (Å²) in [6.07, 6.45) is 0. The van der Waals surface area contributed by atoms with E-state index in [-0.39, 0.29) is 5.84 Å². The lowest BCUT2D eigenvalue weighted by molar-refractivity contribution is 0.251. The fraction of sp³-hybridized carbons (Fsp3) is 0.273. The summed E-state index contributed by atoms with van der Waals surface area (Å²) in [7, 11) is 1.56. The summed E-state index contributed by atoms with van der Waals surface area (Å²) >= 11 is 0. The molecule has 0 saturated carbocycles. The van der Waals surface area contributed by atoms with Crippen LogP contribution in [-0.2, 0) is 0 Å². The molecule has 0 heterocycles. The van der Waals surface area contributed by atoms with Gasteiger partial charge in [0.25, 0.3) is 0 Å². The monoisotopic (exact) mass is 252 g/mol. The van der Waals surface area contributed by atoms with Gasteiger partial charge in [0.1, 0.15) is 5.75 Å². The molecule has 0 spiro atoms. The number of carbonyl (C=O) groups is 1. The maximum absolute atomic E-state index is 11.6. The van der Waals surface area contributed by atoms with E-state index in [4.69, 9.17) is 15.7 Å².